The third-order valence-electron chi connectivity index (χ3n) is 19.3. The van der Waals surface area contributed by atoms with Crippen LogP contribution in [0.15, 0.2) is 151 Å². The number of imidazole rings is 3. The Labute approximate surface area is 713 Å². The van der Waals surface area contributed by atoms with Gasteiger partial charge < -0.3 is 73.6 Å². The van der Waals surface area contributed by atoms with E-state index in [1.54, 1.807) is 45.0 Å². The van der Waals surface area contributed by atoms with Crippen LogP contribution in [0, 0.1) is 51.1 Å². The van der Waals surface area contributed by atoms with E-state index in [-0.39, 0.29) is 74.5 Å². The third-order valence-corrected chi connectivity index (χ3v) is 24.8. The van der Waals surface area contributed by atoms with Crippen LogP contribution in [0.1, 0.15) is 76.6 Å². The number of aliphatic hydroxyl groups excluding tert-OH is 6. The van der Waals surface area contributed by atoms with Crippen molar-refractivity contribution < 1.29 is 119 Å². The Morgan fingerprint density at radius 3 is 1.14 bits per heavy atom. The van der Waals surface area contributed by atoms with Crippen LogP contribution in [0.25, 0.3) is 33.5 Å². The molecule has 51 heteroatoms. The van der Waals surface area contributed by atoms with Gasteiger partial charge in [-0.05, 0) is 60.6 Å². The van der Waals surface area contributed by atoms with Crippen molar-refractivity contribution >= 4 is 84.8 Å². The molecule has 668 valence electrons. The number of aromatic nitrogens is 13. The molecule has 125 heavy (non-hydrogen) atoms. The molecule has 0 radical (unpaired) electrons. The van der Waals surface area contributed by atoms with Gasteiger partial charge >= 0.3 is 39.9 Å². The van der Waals surface area contributed by atoms with Gasteiger partial charge in [0.05, 0.1) is 84.8 Å². The van der Waals surface area contributed by atoms with E-state index >= 15 is 0 Å². The molecule has 12 aromatic rings. The number of furan rings is 1. The second-order valence-electron chi connectivity index (χ2n) is 27.6. The van der Waals surface area contributed by atoms with Crippen molar-refractivity contribution in [3.63, 3.8) is 0 Å². The quantitative estimate of drug-likeness (QED) is 0.0102. The van der Waals surface area contributed by atoms with Crippen LogP contribution in [0.5, 0.6) is 17.6 Å². The summed E-state index contributed by atoms with van der Waals surface area (Å²) in [5, 5.41) is 106. The van der Waals surface area contributed by atoms with Crippen molar-refractivity contribution in [1.82, 2.24) is 78.4 Å². The van der Waals surface area contributed by atoms with E-state index in [4.69, 9.17) is 60.0 Å². The predicted molar refractivity (Wildman–Crippen MR) is 438 cm³/mol. The number of hydrogen-bond donors (Lipinski definition) is 9. The highest BCUT2D eigenvalue weighted by atomic mass is 32.1. The van der Waals surface area contributed by atoms with Crippen LogP contribution in [0.2, 0.25) is 0 Å². The summed E-state index contributed by atoms with van der Waals surface area (Å²) in [6, 6.07) is 35.4. The zero-order valence-corrected chi connectivity index (χ0v) is 70.2. The zero-order chi connectivity index (χ0) is 88.3. The van der Waals surface area contributed by atoms with Gasteiger partial charge in [0, 0.05) is 36.6 Å². The molecule has 0 aliphatic carbocycles. The maximum absolute atomic E-state index is 13.8. The molecule has 0 spiro atoms. The van der Waals surface area contributed by atoms with Crippen molar-refractivity contribution in [2.45, 2.75) is 141 Å². The highest BCUT2D eigenvalue weighted by molar-refractivity contribution is 7.52. The number of aryl methyl sites for hydroxylation is 3. The predicted octanol–water partition coefficient (Wildman–Crippen LogP) is 8.04. The number of methoxy groups -OCH3 is 3. The first-order chi connectivity index (χ1) is 59.4. The van der Waals surface area contributed by atoms with Gasteiger partial charge in [0.2, 0.25) is 17.6 Å². The lowest BCUT2D eigenvalue weighted by Gasteiger charge is -2.22. The Hall–Kier alpha value is -10.9. The van der Waals surface area contributed by atoms with Gasteiger partial charge in [0.25, 0.3) is 0 Å². The SMILES string of the molecule is C.COc1nc(C)nc2c1ncn2[C@@H]1O[C@H](COP(=O)(NCc2ccccc2)OCc2ccc([N+](=O)[O-])n2C)C(O)[C@H]1O.COc1nc(C)nc2c1ncn2[C@@H]1O[C@H](COP(=O)(NCc2ccccc2)OCc2ccc([N+](=O)[O-])o2)C(O)[C@H]1O.COc1nc(C)nc2c1ncn2[C@@H]1O[C@H](COP(=O)(NCc2ccccc2)OCc2ccc([N+](=O)[O-])s2)C(O)[C@H]1O. The van der Waals surface area contributed by atoms with Crippen LogP contribution in [-0.4, -0.2) is 205 Å². The van der Waals surface area contributed by atoms with Gasteiger partial charge in [-0.15, -0.1) is 0 Å². The second kappa shape index (κ2) is 41.1. The number of benzene rings is 3. The molecule has 9 aromatic heterocycles. The minimum Gasteiger partial charge on any atom is -0.479 e. The van der Waals surface area contributed by atoms with Crippen molar-refractivity contribution in [3.8, 4) is 17.6 Å². The molecule has 47 nitrogen and oxygen atoms in total. The van der Waals surface area contributed by atoms with Crippen LogP contribution in [-0.2, 0) is 102 Å². The van der Waals surface area contributed by atoms with Crippen molar-refractivity contribution in [2.24, 2.45) is 7.05 Å². The molecule has 3 aliphatic heterocycles. The van der Waals surface area contributed by atoms with Crippen molar-refractivity contribution in [2.75, 3.05) is 41.2 Å². The molecule has 15 rings (SSSR count). The van der Waals surface area contributed by atoms with Crippen LogP contribution in [0.4, 0.5) is 16.7 Å². The van der Waals surface area contributed by atoms with Crippen LogP contribution in [0.3, 0.4) is 0 Å². The van der Waals surface area contributed by atoms with E-state index in [1.165, 1.54) is 96.0 Å². The highest BCUT2D eigenvalue weighted by Gasteiger charge is 2.49. The van der Waals surface area contributed by atoms with Gasteiger partial charge in [0.15, 0.2) is 52.2 Å². The molecule has 0 saturated carbocycles. The minimum absolute atomic E-state index is 0. The van der Waals surface area contributed by atoms with E-state index in [2.05, 4.69) is 60.1 Å². The smallest absolute Gasteiger partial charge is 0.433 e. The molecule has 3 aliphatic rings. The number of hydrogen-bond acceptors (Lipinski definition) is 38. The summed E-state index contributed by atoms with van der Waals surface area (Å²) in [5.41, 5.74) is 4.77. The molecule has 6 unspecified atom stereocenters. The van der Waals surface area contributed by atoms with Crippen molar-refractivity contribution in [3.05, 3.63) is 227 Å². The van der Waals surface area contributed by atoms with Gasteiger partial charge in [-0.2, -0.15) is 15.0 Å². The summed E-state index contributed by atoms with van der Waals surface area (Å²) < 4.78 is 119. The lowest BCUT2D eigenvalue weighted by molar-refractivity contribution is -0.402. The Bertz CT molecular complexity index is 5630. The monoisotopic (exact) mass is 1820 g/mol. The average molecular weight is 1820 g/mol. The van der Waals surface area contributed by atoms with E-state index in [0.717, 1.165) is 34.1 Å². The summed E-state index contributed by atoms with van der Waals surface area (Å²) in [7, 11) is -6.40. The average Bonchev–Trinajstić information content (AvgIpc) is 1.63. The zero-order valence-electron chi connectivity index (χ0n) is 66.7. The summed E-state index contributed by atoms with van der Waals surface area (Å²) in [4.78, 5) is 70.3. The van der Waals surface area contributed by atoms with Gasteiger partial charge in [0.1, 0.15) is 102 Å². The van der Waals surface area contributed by atoms with Crippen LogP contribution >= 0.6 is 34.6 Å². The molecular formula is C74H88N19O28P3S. The van der Waals surface area contributed by atoms with E-state index in [1.807, 2.05) is 66.7 Å². The summed E-state index contributed by atoms with van der Waals surface area (Å²) >= 11 is 0.889. The summed E-state index contributed by atoms with van der Waals surface area (Å²) in [6.07, 6.45) is -11.0. The van der Waals surface area contributed by atoms with Gasteiger partial charge in [-0.1, -0.05) is 110 Å². The molecule has 3 saturated heterocycles. The fourth-order valence-corrected chi connectivity index (χ4v) is 17.6. The maximum atomic E-state index is 13.8. The normalized spacial score (nSPS) is 21.9. The Kier molecular flexibility index (Phi) is 30.6. The topological polar surface area (TPSA) is 598 Å². The second-order valence-corrected chi connectivity index (χ2v) is 34.2. The largest absolute Gasteiger partial charge is 0.479 e. The fraction of sp³-hybridized carbons (Fsp3) is 0.392. The minimum atomic E-state index is -4.11. The molecule has 3 fully saturated rings. The Balaban J connectivity index is 0.000000170. The molecular weight excluding hydrogens is 1730 g/mol. The molecule has 0 bridgehead atoms. The fourth-order valence-electron chi connectivity index (χ4n) is 12.9. The van der Waals surface area contributed by atoms with E-state index in [9.17, 15) is 74.7 Å². The Morgan fingerprint density at radius 2 is 0.816 bits per heavy atom. The number of aliphatic hydroxyl groups is 6. The number of rotatable bonds is 36. The number of ether oxygens (including phenoxy) is 6. The first-order valence-corrected chi connectivity index (χ1v) is 43.0. The molecule has 9 N–H and O–H groups in total. The number of fused-ring (bicyclic) bond motifs is 3. The number of nitrogens with zero attached hydrogens (tertiary/aromatic N) is 16. The lowest BCUT2D eigenvalue weighted by Crippen LogP contribution is -2.34. The molecule has 12 heterocycles. The molecule has 3 aromatic carbocycles. The number of nitro groups is 3. The van der Waals surface area contributed by atoms with Crippen molar-refractivity contribution in [1.29, 1.82) is 0 Å². The number of nitrogens with one attached hydrogen (secondary N) is 3. The lowest BCUT2D eigenvalue weighted by atomic mass is 10.1. The first kappa shape index (κ1) is 93.3. The molecule has 0 amide bonds. The summed E-state index contributed by atoms with van der Waals surface area (Å²) in [5.74, 6) is 1.33. The van der Waals surface area contributed by atoms with Gasteiger partial charge in [-0.25, -0.2) is 63.4 Å². The standard InChI is InChI=1S/C25H30N7O9P.C24H27N6O10P.C24H27N6O9PS.CH4/c1-15-28-23-20(24(29-15)38-3)26-14-31(23)25-22(34)21(33)18(41-25)13-40-42(37,27-11-16-7-5-4-6-8-16)39-12-17-9-10-19(30(17)2)32(35)36;1-14-27-22-19(23(28-14)36-2)25-13-29(22)24-21(32)20(31)17(40-24)12-38-41(35,26-10-15-6-4-3-5-7-15)37-11-16-8-9-18(39-16)30(33)34;1-14-27-22-19(23(28-14)36-2)25-13-29(22)24-21(32)20(31)17(39-24)12-38-40(35,26-10-15-6-4-3-5-7-15)37-11-16-8-9-18(41-16)30(33)34;/h4-10,14,18,21-22,25,33-34H,11-13H2,1-3H3,(H,27,37);2*3-9,13,17,20-21,24,31-32H,10-12H2,1-2H3,(H,26,35);1H4/t18-,21?,22-,25-,42?;17-,20?,21-,24-,41?;17-,20?,21-,24-,40?;/m111./s1. The van der Waals surface area contributed by atoms with Crippen LogP contribution < -0.4 is 29.5 Å². The van der Waals surface area contributed by atoms with E-state index in [0.29, 0.717) is 61.5 Å². The Morgan fingerprint density at radius 1 is 0.448 bits per heavy atom. The third kappa shape index (κ3) is 22.2. The highest BCUT2D eigenvalue weighted by Crippen LogP contribution is 2.50. The maximum Gasteiger partial charge on any atom is 0.433 e. The molecule has 15 atom stereocenters. The van der Waals surface area contributed by atoms with Gasteiger partial charge in [-0.3, -0.25) is 61.1 Å². The first-order valence-electron chi connectivity index (χ1n) is 37.5. The summed E-state index contributed by atoms with van der Waals surface area (Å²) in [6.45, 7) is 3.16. The number of thiophene rings is 1. The van der Waals surface area contributed by atoms with E-state index < -0.39 is 144 Å².